The molecule has 5 rings (SSSR count). The zero-order chi connectivity index (χ0) is 29.0. The number of carboxylic acid groups (broad SMARTS) is 2. The van der Waals surface area contributed by atoms with Crippen molar-refractivity contribution in [1.82, 2.24) is 9.80 Å². The summed E-state index contributed by atoms with van der Waals surface area (Å²) >= 11 is 3.40. The van der Waals surface area contributed by atoms with Crippen molar-refractivity contribution in [2.75, 3.05) is 20.2 Å². The number of hydrogen-bond acceptors (Lipinski definition) is 8. The van der Waals surface area contributed by atoms with Crippen LogP contribution in [0.3, 0.4) is 0 Å². The number of aromatic hydroxyl groups is 1. The van der Waals surface area contributed by atoms with E-state index in [2.05, 4.69) is 15.9 Å². The van der Waals surface area contributed by atoms with Gasteiger partial charge in [0.1, 0.15) is 0 Å². The standard InChI is InChI=1S/C27H27BrN2O10/c1-40-17-9-11(28)8-15(23(17)35)20-12-2-3-13-21(26(38)29(24(13)36)6-4-18(31)32)14(12)10-16-22(20)27(39)30(25(16)37)7-5-19(33)34/h2,8-9,13-14,16,20-22,35H,3-7,10H2,1H3,(H,31,32)(H,33,34)/t13-,14+,16+,20+,21-,22+/m0/s1. The minimum absolute atomic E-state index is 0.0833. The van der Waals surface area contributed by atoms with Crippen LogP contribution in [-0.2, 0) is 28.8 Å². The van der Waals surface area contributed by atoms with Gasteiger partial charge in [-0.3, -0.25) is 38.6 Å². The zero-order valence-corrected chi connectivity index (χ0v) is 23.0. The Morgan fingerprint density at radius 1 is 0.900 bits per heavy atom. The summed E-state index contributed by atoms with van der Waals surface area (Å²) in [6.45, 7) is -0.571. The van der Waals surface area contributed by atoms with Crippen LogP contribution in [0.2, 0.25) is 0 Å². The van der Waals surface area contributed by atoms with E-state index in [4.69, 9.17) is 14.9 Å². The molecule has 212 valence electrons. The van der Waals surface area contributed by atoms with Crippen molar-refractivity contribution >= 4 is 51.5 Å². The van der Waals surface area contributed by atoms with E-state index >= 15 is 0 Å². The molecule has 3 N–H and O–H groups in total. The van der Waals surface area contributed by atoms with Crippen molar-refractivity contribution in [1.29, 1.82) is 0 Å². The lowest BCUT2D eigenvalue weighted by Crippen LogP contribution is -2.43. The first kappa shape index (κ1) is 27.8. The molecule has 1 aromatic rings. The quantitative estimate of drug-likeness (QED) is 0.287. The molecule has 2 aliphatic carbocycles. The van der Waals surface area contributed by atoms with Crippen LogP contribution in [0.1, 0.15) is 37.2 Å². The van der Waals surface area contributed by atoms with Gasteiger partial charge in [0.2, 0.25) is 23.6 Å². The maximum absolute atomic E-state index is 13.7. The molecule has 40 heavy (non-hydrogen) atoms. The van der Waals surface area contributed by atoms with Gasteiger partial charge in [-0.2, -0.15) is 0 Å². The number of amides is 4. The highest BCUT2D eigenvalue weighted by molar-refractivity contribution is 9.10. The molecule has 0 spiro atoms. The summed E-state index contributed by atoms with van der Waals surface area (Å²) in [5.74, 6) is -9.44. The first-order valence-electron chi connectivity index (χ1n) is 12.9. The molecular weight excluding hydrogens is 592 g/mol. The monoisotopic (exact) mass is 618 g/mol. The smallest absolute Gasteiger partial charge is 0.305 e. The Morgan fingerprint density at radius 2 is 1.48 bits per heavy atom. The molecule has 3 fully saturated rings. The second-order valence-electron chi connectivity index (χ2n) is 10.5. The third kappa shape index (κ3) is 4.36. The van der Waals surface area contributed by atoms with Crippen LogP contribution in [0, 0.1) is 29.6 Å². The number of allylic oxidation sites excluding steroid dienone is 2. The number of phenols is 1. The van der Waals surface area contributed by atoms with Gasteiger partial charge in [0, 0.05) is 29.0 Å². The SMILES string of the molecule is COc1cc(Br)cc([C@H]2C3=CC[C@@H]4C(=O)N(CCC(=O)O)C(=O)[C@@H]4[C@@H]3C[C@H]3C(=O)N(CCC(=O)O)C(=O)[C@@H]23)c1O. The topological polar surface area (TPSA) is 179 Å². The van der Waals surface area contributed by atoms with Crippen molar-refractivity contribution in [3.05, 3.63) is 33.8 Å². The van der Waals surface area contributed by atoms with Gasteiger partial charge in [-0.05, 0) is 30.9 Å². The van der Waals surface area contributed by atoms with E-state index < -0.39 is 83.9 Å². The van der Waals surface area contributed by atoms with Crippen LogP contribution in [0.4, 0.5) is 0 Å². The molecule has 6 atom stereocenters. The number of halogens is 1. The molecular formula is C27H27BrN2O10. The van der Waals surface area contributed by atoms with Crippen LogP contribution >= 0.6 is 15.9 Å². The Kier molecular flexibility index (Phi) is 7.19. The number of ether oxygens (including phenoxy) is 1. The van der Waals surface area contributed by atoms with Crippen LogP contribution in [-0.4, -0.2) is 80.9 Å². The number of carbonyl (C=O) groups is 6. The summed E-state index contributed by atoms with van der Waals surface area (Å²) in [7, 11) is 1.37. The summed E-state index contributed by atoms with van der Waals surface area (Å²) in [5, 5.41) is 29.4. The number of fused-ring (bicyclic) bond motifs is 4. The van der Waals surface area contributed by atoms with E-state index in [1.54, 1.807) is 18.2 Å². The van der Waals surface area contributed by atoms with Crippen LogP contribution in [0.25, 0.3) is 0 Å². The number of nitrogens with zero attached hydrogens (tertiary/aromatic N) is 2. The fraction of sp³-hybridized carbons (Fsp3) is 0.481. The Balaban J connectivity index is 1.61. The number of phenolic OH excluding ortho intramolecular Hbond substituents is 1. The van der Waals surface area contributed by atoms with Gasteiger partial charge in [0.15, 0.2) is 11.5 Å². The Labute approximate surface area is 236 Å². The molecule has 2 aliphatic heterocycles. The first-order valence-corrected chi connectivity index (χ1v) is 13.7. The molecule has 1 saturated carbocycles. The molecule has 4 aliphatic rings. The highest BCUT2D eigenvalue weighted by Crippen LogP contribution is 2.59. The van der Waals surface area contributed by atoms with Gasteiger partial charge >= 0.3 is 11.9 Å². The summed E-state index contributed by atoms with van der Waals surface area (Å²) in [5.41, 5.74) is 0.941. The van der Waals surface area contributed by atoms with Gasteiger partial charge in [0.05, 0.1) is 43.6 Å². The van der Waals surface area contributed by atoms with Crippen molar-refractivity contribution in [3.63, 3.8) is 0 Å². The van der Waals surface area contributed by atoms with E-state index in [0.29, 0.717) is 15.6 Å². The fourth-order valence-corrected chi connectivity index (χ4v) is 7.36. The molecule has 13 heteroatoms. The highest BCUT2D eigenvalue weighted by Gasteiger charge is 2.62. The Bertz CT molecular complexity index is 1370. The predicted molar refractivity (Wildman–Crippen MR) is 138 cm³/mol. The number of hydrogen-bond donors (Lipinski definition) is 3. The van der Waals surface area contributed by atoms with Gasteiger partial charge in [-0.25, -0.2) is 0 Å². The summed E-state index contributed by atoms with van der Waals surface area (Å²) in [6, 6.07) is 3.16. The minimum atomic E-state index is -1.17. The second kappa shape index (κ2) is 10.3. The van der Waals surface area contributed by atoms with E-state index in [1.165, 1.54) is 7.11 Å². The summed E-state index contributed by atoms with van der Waals surface area (Å²) in [6.07, 6.45) is 1.23. The van der Waals surface area contributed by atoms with Gasteiger partial charge in [-0.15, -0.1) is 0 Å². The van der Waals surface area contributed by atoms with Gasteiger partial charge in [0.25, 0.3) is 0 Å². The van der Waals surface area contributed by atoms with Crippen LogP contribution in [0.15, 0.2) is 28.3 Å². The number of likely N-dealkylation sites (tertiary alicyclic amines) is 2. The van der Waals surface area contributed by atoms with Gasteiger partial charge in [-0.1, -0.05) is 27.6 Å². The predicted octanol–water partition coefficient (Wildman–Crippen LogP) is 1.75. The third-order valence-electron chi connectivity index (χ3n) is 8.55. The number of carboxylic acids is 2. The van der Waals surface area contributed by atoms with E-state index in [-0.39, 0.29) is 37.4 Å². The Morgan fingerprint density at radius 3 is 2.05 bits per heavy atom. The number of benzene rings is 1. The molecule has 0 radical (unpaired) electrons. The van der Waals surface area contributed by atoms with Crippen molar-refractivity contribution in [2.24, 2.45) is 29.6 Å². The first-order chi connectivity index (χ1) is 19.0. The molecule has 12 nitrogen and oxygen atoms in total. The summed E-state index contributed by atoms with van der Waals surface area (Å²) < 4.78 is 5.86. The zero-order valence-electron chi connectivity index (χ0n) is 21.4. The molecule has 0 aromatic heterocycles. The average Bonchev–Trinajstić information content (AvgIpc) is 3.29. The lowest BCUT2D eigenvalue weighted by molar-refractivity contribution is -0.145. The van der Waals surface area contributed by atoms with Crippen molar-refractivity contribution in [2.45, 2.75) is 31.6 Å². The van der Waals surface area contributed by atoms with Crippen LogP contribution in [0.5, 0.6) is 11.5 Å². The number of rotatable bonds is 8. The molecule has 2 heterocycles. The molecule has 0 bridgehead atoms. The Hall–Kier alpha value is -3.74. The number of carbonyl (C=O) groups excluding carboxylic acids is 4. The van der Waals surface area contributed by atoms with E-state index in [9.17, 15) is 33.9 Å². The lowest BCUT2D eigenvalue weighted by Gasteiger charge is -2.44. The van der Waals surface area contributed by atoms with Crippen molar-refractivity contribution < 1.29 is 48.8 Å². The maximum Gasteiger partial charge on any atom is 0.305 e. The normalized spacial score (nSPS) is 29.2. The summed E-state index contributed by atoms with van der Waals surface area (Å²) in [4.78, 5) is 78.2. The fourth-order valence-electron chi connectivity index (χ4n) is 6.91. The molecule has 2 saturated heterocycles. The second-order valence-corrected chi connectivity index (χ2v) is 11.4. The third-order valence-corrected chi connectivity index (χ3v) is 9.01. The number of imide groups is 2. The lowest BCUT2D eigenvalue weighted by atomic mass is 9.57. The molecule has 1 aromatic carbocycles. The minimum Gasteiger partial charge on any atom is -0.504 e. The van der Waals surface area contributed by atoms with Crippen molar-refractivity contribution in [3.8, 4) is 11.5 Å². The van der Waals surface area contributed by atoms with Gasteiger partial charge < -0.3 is 20.1 Å². The molecule has 4 amide bonds. The molecule has 0 unspecified atom stereocenters. The number of methoxy groups -OCH3 is 1. The maximum atomic E-state index is 13.7. The van der Waals surface area contributed by atoms with Crippen LogP contribution < -0.4 is 4.74 Å². The van der Waals surface area contributed by atoms with E-state index in [1.807, 2.05) is 0 Å². The largest absolute Gasteiger partial charge is 0.504 e. The average molecular weight is 619 g/mol. The van der Waals surface area contributed by atoms with E-state index in [0.717, 1.165) is 9.80 Å². The number of aliphatic carboxylic acids is 2. The highest BCUT2D eigenvalue weighted by atomic mass is 79.9.